The molecule has 1 aliphatic carbocycles. The fraction of sp³-hybridized carbons (Fsp3) is 0.385. The second kappa shape index (κ2) is 8.28. The smallest absolute Gasteiger partial charge is 0.163 e. The van der Waals surface area contributed by atoms with Crippen molar-refractivity contribution in [3.05, 3.63) is 54.4 Å². The maximum Gasteiger partial charge on any atom is 0.163 e. The van der Waals surface area contributed by atoms with Crippen molar-refractivity contribution >= 4 is 28.4 Å². The summed E-state index contributed by atoms with van der Waals surface area (Å²) in [5, 5.41) is 21.2. The number of anilines is 3. The van der Waals surface area contributed by atoms with Crippen molar-refractivity contribution in [2.24, 2.45) is 0 Å². The zero-order valence-corrected chi connectivity index (χ0v) is 19.4. The van der Waals surface area contributed by atoms with Crippen LogP contribution in [0.15, 0.2) is 48.7 Å². The van der Waals surface area contributed by atoms with Gasteiger partial charge in [-0.05, 0) is 43.5 Å². The number of para-hydroxylation sites is 1. The molecule has 2 bridgehead atoms. The number of rotatable bonds is 7. The van der Waals surface area contributed by atoms with Gasteiger partial charge < -0.3 is 15.3 Å². The van der Waals surface area contributed by atoms with Gasteiger partial charge in [-0.15, -0.1) is 0 Å². The number of aromatic amines is 1. The maximum absolute atomic E-state index is 9.28. The van der Waals surface area contributed by atoms with E-state index in [-0.39, 0.29) is 6.61 Å². The number of aliphatic hydroxyl groups is 1. The van der Waals surface area contributed by atoms with Crippen LogP contribution in [0.5, 0.6) is 0 Å². The van der Waals surface area contributed by atoms with Crippen LogP contribution < -0.4 is 10.2 Å². The summed E-state index contributed by atoms with van der Waals surface area (Å²) >= 11 is 0. The van der Waals surface area contributed by atoms with E-state index in [2.05, 4.69) is 43.5 Å². The predicted molar refractivity (Wildman–Crippen MR) is 135 cm³/mol. The standard InChI is InChI=1S/C26H28N8O/c35-10-9-34-18-11-19(34)15-33(14-18)24-8-7-17(13-27-24)25-28-21-4-2-1-3-20(21)26(30-25)29-23-12-22(31-32-23)16-5-6-16/h1-4,7-8,12-13,16,18-19,35H,5-6,9-11,14-15H2,(H2,28,29,30,31,32). The molecule has 0 spiro atoms. The Morgan fingerprint density at radius 2 is 1.91 bits per heavy atom. The highest BCUT2D eigenvalue weighted by Gasteiger charge is 2.44. The molecule has 4 aliphatic rings. The molecular weight excluding hydrogens is 440 g/mol. The van der Waals surface area contributed by atoms with Gasteiger partial charge in [-0.1, -0.05) is 12.1 Å². The van der Waals surface area contributed by atoms with Crippen molar-refractivity contribution in [2.45, 2.75) is 37.3 Å². The molecule has 3 aromatic heterocycles. The Labute approximate surface area is 203 Å². The summed E-state index contributed by atoms with van der Waals surface area (Å²) in [5.74, 6) is 3.75. The molecule has 4 aromatic rings. The van der Waals surface area contributed by atoms with Gasteiger partial charge in [0.25, 0.3) is 0 Å². The monoisotopic (exact) mass is 468 g/mol. The number of nitrogens with one attached hydrogen (secondary N) is 2. The van der Waals surface area contributed by atoms with E-state index in [1.165, 1.54) is 25.0 Å². The molecule has 6 heterocycles. The summed E-state index contributed by atoms with van der Waals surface area (Å²) in [6.07, 6.45) is 5.54. The van der Waals surface area contributed by atoms with E-state index < -0.39 is 0 Å². The van der Waals surface area contributed by atoms with Crippen LogP contribution in [0.1, 0.15) is 30.9 Å². The Bertz CT molecular complexity index is 1350. The lowest BCUT2D eigenvalue weighted by Gasteiger charge is -2.56. The SMILES string of the molecule is OCCN1C2CC1CN(c1ccc(-c3nc(Nc4cc(C5CC5)[nH]n4)c4ccccc4n3)cn1)C2. The van der Waals surface area contributed by atoms with E-state index in [1.807, 2.05) is 30.5 Å². The number of fused-ring (bicyclic) bond motifs is 3. The van der Waals surface area contributed by atoms with Gasteiger partial charge in [-0.25, -0.2) is 15.0 Å². The van der Waals surface area contributed by atoms with Crippen molar-refractivity contribution in [3.63, 3.8) is 0 Å². The van der Waals surface area contributed by atoms with Crippen LogP contribution in [0.3, 0.4) is 0 Å². The van der Waals surface area contributed by atoms with Gasteiger partial charge in [0, 0.05) is 66.5 Å². The third kappa shape index (κ3) is 3.81. The van der Waals surface area contributed by atoms with Crippen LogP contribution in [0.4, 0.5) is 17.5 Å². The van der Waals surface area contributed by atoms with Crippen LogP contribution in [-0.2, 0) is 0 Å². The first-order chi connectivity index (χ1) is 17.2. The van der Waals surface area contributed by atoms with E-state index in [9.17, 15) is 5.11 Å². The third-order valence-electron chi connectivity index (χ3n) is 7.50. The minimum absolute atomic E-state index is 0.227. The lowest BCUT2D eigenvalue weighted by Crippen LogP contribution is -2.69. The largest absolute Gasteiger partial charge is 0.395 e. The Morgan fingerprint density at radius 1 is 1.06 bits per heavy atom. The second-order valence-electron chi connectivity index (χ2n) is 9.84. The fourth-order valence-corrected chi connectivity index (χ4v) is 5.49. The molecular formula is C26H28N8O. The molecule has 0 radical (unpaired) electrons. The summed E-state index contributed by atoms with van der Waals surface area (Å²) in [5.41, 5.74) is 2.94. The summed E-state index contributed by atoms with van der Waals surface area (Å²) in [4.78, 5) is 19.2. The number of aromatic nitrogens is 5. The molecule has 4 fully saturated rings. The number of hydrogen-bond acceptors (Lipinski definition) is 8. The van der Waals surface area contributed by atoms with Crippen molar-refractivity contribution in [1.82, 2.24) is 30.0 Å². The van der Waals surface area contributed by atoms with Crippen LogP contribution in [-0.4, -0.2) is 73.5 Å². The van der Waals surface area contributed by atoms with Gasteiger partial charge >= 0.3 is 0 Å². The molecule has 3 aliphatic heterocycles. The number of pyridine rings is 1. The highest BCUT2D eigenvalue weighted by Crippen LogP contribution is 2.40. The summed E-state index contributed by atoms with van der Waals surface area (Å²) < 4.78 is 0. The van der Waals surface area contributed by atoms with Gasteiger partial charge in [-0.3, -0.25) is 10.00 Å². The van der Waals surface area contributed by atoms with Gasteiger partial charge in [0.2, 0.25) is 0 Å². The molecule has 3 N–H and O–H groups in total. The van der Waals surface area contributed by atoms with E-state index >= 15 is 0 Å². The zero-order valence-electron chi connectivity index (χ0n) is 19.4. The summed E-state index contributed by atoms with van der Waals surface area (Å²) in [7, 11) is 0. The Morgan fingerprint density at radius 3 is 2.69 bits per heavy atom. The number of aliphatic hydroxyl groups excluding tert-OH is 1. The first-order valence-electron chi connectivity index (χ1n) is 12.4. The van der Waals surface area contributed by atoms with E-state index in [4.69, 9.17) is 15.0 Å². The number of piperidine rings is 1. The molecule has 2 unspecified atom stereocenters. The third-order valence-corrected chi connectivity index (χ3v) is 7.50. The quantitative estimate of drug-likeness (QED) is 0.379. The van der Waals surface area contributed by atoms with Gasteiger partial charge in [0.1, 0.15) is 11.6 Å². The number of H-pyrrole nitrogens is 1. The normalized spacial score (nSPS) is 21.8. The summed E-state index contributed by atoms with van der Waals surface area (Å²) in [6.45, 7) is 2.90. The van der Waals surface area contributed by atoms with E-state index in [0.29, 0.717) is 23.8 Å². The van der Waals surface area contributed by atoms with Crippen molar-refractivity contribution in [2.75, 3.05) is 36.5 Å². The van der Waals surface area contributed by atoms with Crippen molar-refractivity contribution < 1.29 is 5.11 Å². The van der Waals surface area contributed by atoms with Crippen LogP contribution in [0.2, 0.25) is 0 Å². The molecule has 8 rings (SSSR count). The first kappa shape index (κ1) is 20.8. The lowest BCUT2D eigenvalue weighted by molar-refractivity contribution is -0.0124. The van der Waals surface area contributed by atoms with Crippen LogP contribution in [0.25, 0.3) is 22.3 Å². The molecule has 3 saturated heterocycles. The number of benzene rings is 1. The minimum atomic E-state index is 0.227. The molecule has 2 atom stereocenters. The van der Waals surface area contributed by atoms with Gasteiger partial charge in [0.15, 0.2) is 11.6 Å². The average Bonchev–Trinajstić information content (AvgIpc) is 3.66. The zero-order chi connectivity index (χ0) is 23.4. The van der Waals surface area contributed by atoms with Crippen molar-refractivity contribution in [3.8, 4) is 11.4 Å². The fourth-order valence-electron chi connectivity index (χ4n) is 5.49. The Hall–Kier alpha value is -3.56. The van der Waals surface area contributed by atoms with Crippen LogP contribution in [0, 0.1) is 0 Å². The number of nitrogens with zero attached hydrogens (tertiary/aromatic N) is 6. The minimum Gasteiger partial charge on any atom is -0.395 e. The highest BCUT2D eigenvalue weighted by molar-refractivity contribution is 5.92. The molecule has 1 aromatic carbocycles. The second-order valence-corrected chi connectivity index (χ2v) is 9.84. The summed E-state index contributed by atoms with van der Waals surface area (Å²) in [6, 6.07) is 15.3. The number of piperazine rings is 1. The van der Waals surface area contributed by atoms with Crippen LogP contribution >= 0.6 is 0 Å². The number of hydrogen-bond donors (Lipinski definition) is 3. The molecule has 0 amide bonds. The van der Waals surface area contributed by atoms with Gasteiger partial charge in [0.05, 0.1) is 12.1 Å². The Kier molecular flexibility index (Phi) is 4.92. The highest BCUT2D eigenvalue weighted by atomic mass is 16.3. The predicted octanol–water partition coefficient (Wildman–Crippen LogP) is 3.29. The Balaban J connectivity index is 1.15. The van der Waals surface area contributed by atoms with E-state index in [1.54, 1.807) is 0 Å². The maximum atomic E-state index is 9.28. The topological polar surface area (TPSA) is 106 Å². The molecule has 9 heteroatoms. The molecule has 1 saturated carbocycles. The molecule has 178 valence electrons. The van der Waals surface area contributed by atoms with Gasteiger partial charge in [-0.2, -0.15) is 5.10 Å². The average molecular weight is 469 g/mol. The van der Waals surface area contributed by atoms with Crippen molar-refractivity contribution in [1.29, 1.82) is 0 Å². The molecule has 35 heavy (non-hydrogen) atoms. The van der Waals surface area contributed by atoms with E-state index in [0.717, 1.165) is 53.6 Å². The lowest BCUT2D eigenvalue weighted by atomic mass is 9.87. The molecule has 9 nitrogen and oxygen atoms in total. The first-order valence-corrected chi connectivity index (χ1v) is 12.4.